The summed E-state index contributed by atoms with van der Waals surface area (Å²) in [6.07, 6.45) is 1.72. The summed E-state index contributed by atoms with van der Waals surface area (Å²) in [5.74, 6) is 0.925. The number of nitrogens with two attached hydrogens (primary N) is 1. The minimum atomic E-state index is 0.109. The van der Waals surface area contributed by atoms with E-state index in [4.69, 9.17) is 10.5 Å². The summed E-state index contributed by atoms with van der Waals surface area (Å²) in [6, 6.07) is 16.7. The second-order valence-corrected chi connectivity index (χ2v) is 4.97. The molecule has 0 aromatic heterocycles. The Morgan fingerprint density at radius 3 is 2.47 bits per heavy atom. The molecule has 0 bridgehead atoms. The van der Waals surface area contributed by atoms with Crippen molar-refractivity contribution in [2.24, 2.45) is 5.73 Å². The van der Waals surface area contributed by atoms with Crippen molar-refractivity contribution in [1.82, 2.24) is 0 Å². The fourth-order valence-electron chi connectivity index (χ4n) is 2.34. The highest BCUT2D eigenvalue weighted by atomic mass is 16.5. The summed E-state index contributed by atoms with van der Waals surface area (Å²) in [7, 11) is 1.71. The van der Waals surface area contributed by atoms with Crippen molar-refractivity contribution in [3.8, 4) is 5.75 Å². The summed E-state index contributed by atoms with van der Waals surface area (Å²) in [4.78, 5) is 0. The molecule has 0 saturated carbocycles. The summed E-state index contributed by atoms with van der Waals surface area (Å²) in [5, 5.41) is 0. The van der Waals surface area contributed by atoms with Crippen molar-refractivity contribution < 1.29 is 4.74 Å². The van der Waals surface area contributed by atoms with Crippen LogP contribution in [0.3, 0.4) is 0 Å². The Hall–Kier alpha value is -1.80. The molecule has 0 saturated heterocycles. The van der Waals surface area contributed by atoms with E-state index in [-0.39, 0.29) is 6.04 Å². The topological polar surface area (TPSA) is 35.2 Å². The van der Waals surface area contributed by atoms with Crippen LogP contribution in [0, 0.1) is 6.92 Å². The number of ether oxygens (including phenoxy) is 1. The van der Waals surface area contributed by atoms with Gasteiger partial charge in [-0.25, -0.2) is 0 Å². The molecule has 0 heterocycles. The Balaban J connectivity index is 2.06. The summed E-state index contributed by atoms with van der Waals surface area (Å²) in [6.45, 7) is 2.09. The quantitative estimate of drug-likeness (QED) is 0.891. The maximum Gasteiger partial charge on any atom is 0.122 e. The van der Waals surface area contributed by atoms with Crippen molar-refractivity contribution >= 4 is 0 Å². The van der Waals surface area contributed by atoms with Crippen molar-refractivity contribution in [3.05, 3.63) is 65.2 Å². The van der Waals surface area contributed by atoms with Gasteiger partial charge in [-0.15, -0.1) is 0 Å². The van der Waals surface area contributed by atoms with Crippen LogP contribution in [0.4, 0.5) is 0 Å². The Bertz CT molecular complexity index is 522. The zero-order chi connectivity index (χ0) is 13.7. The number of hydrogen-bond acceptors (Lipinski definition) is 2. The van der Waals surface area contributed by atoms with E-state index in [1.807, 2.05) is 12.1 Å². The number of hydrogen-bond donors (Lipinski definition) is 1. The first-order valence-electron chi connectivity index (χ1n) is 6.62. The van der Waals surface area contributed by atoms with E-state index >= 15 is 0 Å². The average molecular weight is 255 g/mol. The van der Waals surface area contributed by atoms with Gasteiger partial charge in [0.25, 0.3) is 0 Å². The minimum Gasteiger partial charge on any atom is -0.496 e. The lowest BCUT2D eigenvalue weighted by Crippen LogP contribution is -2.25. The molecule has 2 nitrogen and oxygen atoms in total. The normalized spacial score (nSPS) is 12.2. The van der Waals surface area contributed by atoms with Gasteiger partial charge in [0.1, 0.15) is 5.75 Å². The van der Waals surface area contributed by atoms with Crippen LogP contribution < -0.4 is 10.5 Å². The standard InChI is InChI=1S/C17H21NO/c1-13-8-9-17(19-2)15(10-13)12-16(18)11-14-6-4-3-5-7-14/h3-10,16H,11-12,18H2,1-2H3. The van der Waals surface area contributed by atoms with E-state index in [0.717, 1.165) is 18.6 Å². The van der Waals surface area contributed by atoms with Gasteiger partial charge in [0.2, 0.25) is 0 Å². The number of aryl methyl sites for hydroxylation is 1. The van der Waals surface area contributed by atoms with Crippen LogP contribution in [0.1, 0.15) is 16.7 Å². The molecule has 0 spiro atoms. The van der Waals surface area contributed by atoms with Gasteiger partial charge in [0, 0.05) is 6.04 Å². The van der Waals surface area contributed by atoms with Crippen molar-refractivity contribution in [1.29, 1.82) is 0 Å². The largest absolute Gasteiger partial charge is 0.496 e. The van der Waals surface area contributed by atoms with E-state index < -0.39 is 0 Å². The highest BCUT2D eigenvalue weighted by molar-refractivity contribution is 5.37. The molecule has 0 aliphatic carbocycles. The van der Waals surface area contributed by atoms with E-state index in [0.29, 0.717) is 0 Å². The zero-order valence-electron chi connectivity index (χ0n) is 11.6. The fourth-order valence-corrected chi connectivity index (χ4v) is 2.34. The first-order valence-corrected chi connectivity index (χ1v) is 6.62. The molecule has 0 radical (unpaired) electrons. The molecular formula is C17H21NO. The first kappa shape index (κ1) is 13.6. The average Bonchev–Trinajstić information content (AvgIpc) is 2.40. The van der Waals surface area contributed by atoms with Crippen LogP contribution in [-0.4, -0.2) is 13.2 Å². The second-order valence-electron chi connectivity index (χ2n) is 4.97. The van der Waals surface area contributed by atoms with Crippen molar-refractivity contribution in [3.63, 3.8) is 0 Å². The van der Waals surface area contributed by atoms with Gasteiger partial charge in [0.15, 0.2) is 0 Å². The van der Waals surface area contributed by atoms with E-state index in [2.05, 4.69) is 43.3 Å². The summed E-state index contributed by atoms with van der Waals surface area (Å²) >= 11 is 0. The molecule has 2 aromatic carbocycles. The maximum atomic E-state index is 6.26. The van der Waals surface area contributed by atoms with E-state index in [1.165, 1.54) is 16.7 Å². The van der Waals surface area contributed by atoms with Crippen LogP contribution in [0.2, 0.25) is 0 Å². The van der Waals surface area contributed by atoms with Crippen LogP contribution in [0.25, 0.3) is 0 Å². The minimum absolute atomic E-state index is 0.109. The van der Waals surface area contributed by atoms with Crippen molar-refractivity contribution in [2.75, 3.05) is 7.11 Å². The Morgan fingerprint density at radius 2 is 1.79 bits per heavy atom. The van der Waals surface area contributed by atoms with Gasteiger partial charge in [-0.05, 0) is 37.0 Å². The third-order valence-electron chi connectivity index (χ3n) is 3.26. The SMILES string of the molecule is COc1ccc(C)cc1CC(N)Cc1ccccc1. The predicted molar refractivity (Wildman–Crippen MR) is 79.6 cm³/mol. The fraction of sp³-hybridized carbons (Fsp3) is 0.294. The van der Waals surface area contributed by atoms with Crippen molar-refractivity contribution in [2.45, 2.75) is 25.8 Å². The highest BCUT2D eigenvalue weighted by Gasteiger charge is 2.09. The summed E-state index contributed by atoms with van der Waals surface area (Å²) in [5.41, 5.74) is 9.96. The lowest BCUT2D eigenvalue weighted by Gasteiger charge is -2.15. The molecule has 2 rings (SSSR count). The predicted octanol–water partition coefficient (Wildman–Crippen LogP) is 3.12. The van der Waals surface area contributed by atoms with Gasteiger partial charge in [-0.1, -0.05) is 48.0 Å². The number of rotatable bonds is 5. The molecule has 2 N–H and O–H groups in total. The van der Waals surface area contributed by atoms with Gasteiger partial charge in [-0.2, -0.15) is 0 Å². The van der Waals surface area contributed by atoms with Crippen LogP contribution in [-0.2, 0) is 12.8 Å². The van der Waals surface area contributed by atoms with Crippen LogP contribution in [0.15, 0.2) is 48.5 Å². The molecule has 2 aromatic rings. The molecule has 2 heteroatoms. The van der Waals surface area contributed by atoms with Crippen LogP contribution in [0.5, 0.6) is 5.75 Å². The number of methoxy groups -OCH3 is 1. The zero-order valence-corrected chi connectivity index (χ0v) is 11.6. The molecule has 0 amide bonds. The van der Waals surface area contributed by atoms with Gasteiger partial charge >= 0.3 is 0 Å². The third-order valence-corrected chi connectivity index (χ3v) is 3.26. The van der Waals surface area contributed by atoms with E-state index in [9.17, 15) is 0 Å². The van der Waals surface area contributed by atoms with E-state index in [1.54, 1.807) is 7.11 Å². The molecule has 1 atom stereocenters. The lowest BCUT2D eigenvalue weighted by atomic mass is 9.98. The molecular weight excluding hydrogens is 234 g/mol. The monoisotopic (exact) mass is 255 g/mol. The third kappa shape index (κ3) is 3.83. The molecule has 0 aliphatic rings. The lowest BCUT2D eigenvalue weighted by molar-refractivity contribution is 0.407. The smallest absolute Gasteiger partial charge is 0.122 e. The Kier molecular flexibility index (Phi) is 4.58. The molecule has 19 heavy (non-hydrogen) atoms. The second kappa shape index (κ2) is 6.39. The molecule has 1 unspecified atom stereocenters. The Morgan fingerprint density at radius 1 is 1.05 bits per heavy atom. The Labute approximate surface area is 115 Å². The first-order chi connectivity index (χ1) is 9.19. The molecule has 0 fully saturated rings. The molecule has 100 valence electrons. The van der Waals surface area contributed by atoms with Gasteiger partial charge < -0.3 is 10.5 Å². The highest BCUT2D eigenvalue weighted by Crippen LogP contribution is 2.21. The van der Waals surface area contributed by atoms with Crippen LogP contribution >= 0.6 is 0 Å². The van der Waals surface area contributed by atoms with Gasteiger partial charge in [0.05, 0.1) is 7.11 Å². The molecule has 0 aliphatic heterocycles. The summed E-state index contributed by atoms with van der Waals surface area (Å²) < 4.78 is 5.40. The maximum absolute atomic E-state index is 6.26. The number of benzene rings is 2. The van der Waals surface area contributed by atoms with Gasteiger partial charge in [-0.3, -0.25) is 0 Å².